The number of benzene rings is 1. The molecule has 154 valence electrons. The fourth-order valence-corrected chi connectivity index (χ4v) is 4.00. The SMILES string of the molecule is CCC/C=C(C1=C(c2c(C)ccc(C)c2C=N)CCCC1)\C(C=NCC=O)=C\N. The third kappa shape index (κ3) is 5.41. The molecule has 0 radical (unpaired) electrons. The van der Waals surface area contributed by atoms with Gasteiger partial charge in [-0.2, -0.15) is 0 Å². The lowest BCUT2D eigenvalue weighted by molar-refractivity contribution is -0.106. The van der Waals surface area contributed by atoms with Crippen LogP contribution in [0.5, 0.6) is 0 Å². The topological polar surface area (TPSA) is 79.3 Å². The van der Waals surface area contributed by atoms with Crippen molar-refractivity contribution in [2.45, 2.75) is 59.3 Å². The third-order valence-electron chi connectivity index (χ3n) is 5.45. The molecule has 0 amide bonds. The van der Waals surface area contributed by atoms with E-state index in [2.05, 4.69) is 44.0 Å². The van der Waals surface area contributed by atoms with Crippen LogP contribution in [0.3, 0.4) is 0 Å². The van der Waals surface area contributed by atoms with Crippen molar-refractivity contribution in [1.82, 2.24) is 0 Å². The Kier molecular flexibility index (Phi) is 8.78. The fourth-order valence-electron chi connectivity index (χ4n) is 4.00. The van der Waals surface area contributed by atoms with Crippen LogP contribution in [0.2, 0.25) is 0 Å². The van der Waals surface area contributed by atoms with E-state index in [0.717, 1.165) is 67.1 Å². The summed E-state index contributed by atoms with van der Waals surface area (Å²) in [5, 5.41) is 8.01. The van der Waals surface area contributed by atoms with Crippen LogP contribution in [-0.4, -0.2) is 25.3 Å². The standard InChI is InChI=1S/C25H33N3O/c1-4-5-8-21(20(15-26)17-28-13-14-29)22-9-6-7-10-23(22)25-19(3)12-11-18(2)24(25)16-27/h8,11-12,14-17,27H,4-7,9-10,13,26H2,1-3H3/b20-15+,21-8+,27-16?,28-17?. The highest BCUT2D eigenvalue weighted by Crippen LogP contribution is 2.40. The molecule has 0 spiro atoms. The van der Waals surface area contributed by atoms with E-state index in [1.807, 2.05) is 0 Å². The van der Waals surface area contributed by atoms with Crippen LogP contribution in [0.1, 0.15) is 67.7 Å². The Morgan fingerprint density at radius 2 is 1.93 bits per heavy atom. The summed E-state index contributed by atoms with van der Waals surface area (Å²) in [6.07, 6.45) is 14.1. The number of hydrogen-bond acceptors (Lipinski definition) is 4. The first kappa shape index (κ1) is 22.5. The van der Waals surface area contributed by atoms with Crippen molar-refractivity contribution in [3.8, 4) is 0 Å². The molecule has 3 N–H and O–H groups in total. The number of aliphatic imine (C=N–C) groups is 1. The minimum atomic E-state index is 0.138. The van der Waals surface area contributed by atoms with E-state index in [0.29, 0.717) is 0 Å². The number of aryl methyl sites for hydroxylation is 2. The molecule has 0 saturated heterocycles. The van der Waals surface area contributed by atoms with Gasteiger partial charge in [0.05, 0.1) is 6.54 Å². The van der Waals surface area contributed by atoms with Gasteiger partial charge < -0.3 is 15.9 Å². The monoisotopic (exact) mass is 391 g/mol. The number of unbranched alkanes of at least 4 members (excludes halogenated alkanes) is 1. The van der Waals surface area contributed by atoms with Crippen molar-refractivity contribution in [3.05, 3.63) is 63.4 Å². The molecule has 1 aliphatic rings. The first-order chi connectivity index (χ1) is 14.1. The summed E-state index contributed by atoms with van der Waals surface area (Å²) in [7, 11) is 0. The second kappa shape index (κ2) is 11.3. The van der Waals surface area contributed by atoms with Crippen molar-refractivity contribution >= 4 is 24.3 Å². The lowest BCUT2D eigenvalue weighted by Crippen LogP contribution is -2.09. The highest BCUT2D eigenvalue weighted by atomic mass is 16.1. The molecule has 0 atom stereocenters. The van der Waals surface area contributed by atoms with Crippen molar-refractivity contribution in [1.29, 1.82) is 5.41 Å². The molecule has 2 rings (SSSR count). The quantitative estimate of drug-likeness (QED) is 0.333. The summed E-state index contributed by atoms with van der Waals surface area (Å²) in [6, 6.07) is 4.24. The summed E-state index contributed by atoms with van der Waals surface area (Å²) in [5.74, 6) is 0. The zero-order valence-electron chi connectivity index (χ0n) is 17.9. The van der Waals surface area contributed by atoms with Gasteiger partial charge >= 0.3 is 0 Å². The van der Waals surface area contributed by atoms with Crippen molar-refractivity contribution in [3.63, 3.8) is 0 Å². The molecule has 0 aromatic heterocycles. The number of hydrogen-bond donors (Lipinski definition) is 2. The fraction of sp³-hybridized carbons (Fsp3) is 0.400. The smallest absolute Gasteiger partial charge is 0.141 e. The summed E-state index contributed by atoms with van der Waals surface area (Å²) >= 11 is 0. The van der Waals surface area contributed by atoms with E-state index >= 15 is 0 Å². The van der Waals surface area contributed by atoms with Gasteiger partial charge in [0, 0.05) is 29.8 Å². The number of allylic oxidation sites excluding steroid dienone is 5. The van der Waals surface area contributed by atoms with Crippen molar-refractivity contribution < 1.29 is 4.79 Å². The summed E-state index contributed by atoms with van der Waals surface area (Å²) in [4.78, 5) is 14.9. The van der Waals surface area contributed by atoms with Crippen LogP contribution in [0, 0.1) is 19.3 Å². The Morgan fingerprint density at radius 1 is 1.21 bits per heavy atom. The van der Waals surface area contributed by atoms with E-state index in [4.69, 9.17) is 11.1 Å². The zero-order valence-corrected chi connectivity index (χ0v) is 17.9. The predicted molar refractivity (Wildman–Crippen MR) is 124 cm³/mol. The highest BCUT2D eigenvalue weighted by Gasteiger charge is 2.22. The van der Waals surface area contributed by atoms with Crippen LogP contribution in [-0.2, 0) is 4.79 Å². The number of nitrogens with two attached hydrogens (primary N) is 1. The van der Waals surface area contributed by atoms with Gasteiger partial charge in [0.25, 0.3) is 0 Å². The Labute approximate surface area is 174 Å². The first-order valence-corrected chi connectivity index (χ1v) is 10.5. The van der Waals surface area contributed by atoms with E-state index < -0.39 is 0 Å². The third-order valence-corrected chi connectivity index (χ3v) is 5.45. The molecule has 4 heteroatoms. The largest absolute Gasteiger partial charge is 0.404 e. The van der Waals surface area contributed by atoms with E-state index in [-0.39, 0.29) is 6.54 Å². The second-order valence-corrected chi connectivity index (χ2v) is 7.49. The van der Waals surface area contributed by atoms with E-state index in [9.17, 15) is 4.79 Å². The Balaban J connectivity index is 2.73. The minimum absolute atomic E-state index is 0.138. The number of carbonyl (C=O) groups excluding carboxylic acids is 1. The Bertz CT molecular complexity index is 872. The Morgan fingerprint density at radius 3 is 2.59 bits per heavy atom. The average Bonchev–Trinajstić information content (AvgIpc) is 2.74. The maximum Gasteiger partial charge on any atom is 0.141 e. The van der Waals surface area contributed by atoms with Crippen LogP contribution in [0.4, 0.5) is 0 Å². The van der Waals surface area contributed by atoms with Gasteiger partial charge in [-0.1, -0.05) is 31.6 Å². The normalized spacial score (nSPS) is 15.8. The second-order valence-electron chi connectivity index (χ2n) is 7.49. The molecule has 1 aliphatic carbocycles. The van der Waals surface area contributed by atoms with Gasteiger partial charge in [-0.15, -0.1) is 0 Å². The maximum absolute atomic E-state index is 10.7. The zero-order chi connectivity index (χ0) is 21.2. The molecule has 1 aromatic rings. The molecule has 0 fully saturated rings. The lowest BCUT2D eigenvalue weighted by atomic mass is 9.78. The van der Waals surface area contributed by atoms with Crippen molar-refractivity contribution in [2.24, 2.45) is 10.7 Å². The summed E-state index contributed by atoms with van der Waals surface area (Å²) in [5.41, 5.74) is 15.1. The van der Waals surface area contributed by atoms with Gasteiger partial charge in [0.2, 0.25) is 0 Å². The molecule has 4 nitrogen and oxygen atoms in total. The maximum atomic E-state index is 10.7. The lowest BCUT2D eigenvalue weighted by Gasteiger charge is -2.26. The number of carbonyl (C=O) groups is 1. The van der Waals surface area contributed by atoms with E-state index in [1.165, 1.54) is 28.5 Å². The van der Waals surface area contributed by atoms with Gasteiger partial charge in [-0.3, -0.25) is 4.99 Å². The molecule has 0 bridgehead atoms. The van der Waals surface area contributed by atoms with Crippen LogP contribution < -0.4 is 5.73 Å². The number of nitrogens with zero attached hydrogens (tertiary/aromatic N) is 1. The number of nitrogens with one attached hydrogen (secondary N) is 1. The Hall–Kier alpha value is -2.75. The number of rotatable bonds is 9. The minimum Gasteiger partial charge on any atom is -0.404 e. The van der Waals surface area contributed by atoms with Gasteiger partial charge in [0.15, 0.2) is 0 Å². The first-order valence-electron chi connectivity index (χ1n) is 10.5. The van der Waals surface area contributed by atoms with Gasteiger partial charge in [-0.25, -0.2) is 0 Å². The van der Waals surface area contributed by atoms with Crippen LogP contribution in [0.25, 0.3) is 5.57 Å². The van der Waals surface area contributed by atoms with Gasteiger partial charge in [-0.05, 0) is 79.4 Å². The summed E-state index contributed by atoms with van der Waals surface area (Å²) < 4.78 is 0. The molecule has 1 aromatic carbocycles. The van der Waals surface area contributed by atoms with Crippen LogP contribution in [0.15, 0.2) is 46.1 Å². The van der Waals surface area contributed by atoms with Gasteiger partial charge in [0.1, 0.15) is 6.29 Å². The molecular weight excluding hydrogens is 358 g/mol. The number of aldehydes is 1. The average molecular weight is 392 g/mol. The van der Waals surface area contributed by atoms with Crippen molar-refractivity contribution in [2.75, 3.05) is 6.54 Å². The molecule has 0 aliphatic heterocycles. The predicted octanol–water partition coefficient (Wildman–Crippen LogP) is 5.47. The molecular formula is C25H33N3O. The summed E-state index contributed by atoms with van der Waals surface area (Å²) in [6.45, 7) is 6.49. The molecule has 0 saturated carbocycles. The molecule has 0 unspecified atom stereocenters. The van der Waals surface area contributed by atoms with E-state index in [1.54, 1.807) is 12.4 Å². The van der Waals surface area contributed by atoms with Crippen LogP contribution >= 0.6 is 0 Å². The highest BCUT2D eigenvalue weighted by molar-refractivity contribution is 5.94. The molecule has 0 heterocycles. The molecule has 29 heavy (non-hydrogen) atoms.